The number of nitrogens with one attached hydrogen (secondary N) is 1. The topological polar surface area (TPSA) is 57.9 Å². The molecule has 0 unspecified atom stereocenters. The molecular weight excluding hydrogens is 176 g/mol. The van der Waals surface area contributed by atoms with Crippen LogP contribution < -0.4 is 10.6 Å². The van der Waals surface area contributed by atoms with E-state index in [1.54, 1.807) is 0 Å². The minimum absolute atomic E-state index is 0.543. The standard InChI is InChI=1S/C10H18N4/c1-8-2-4-14(5-3-8)10-7-12-13-9(10)6-11/h7-8H,2-6,11H2,1H3,(H,12,13). The number of aromatic nitrogens is 2. The van der Waals surface area contributed by atoms with E-state index < -0.39 is 0 Å². The molecular formula is C10H18N4. The van der Waals surface area contributed by atoms with Gasteiger partial charge in [-0.3, -0.25) is 5.10 Å². The molecule has 14 heavy (non-hydrogen) atoms. The predicted octanol–water partition coefficient (Wildman–Crippen LogP) is 1.10. The first-order chi connectivity index (χ1) is 6.81. The maximum absolute atomic E-state index is 5.63. The van der Waals surface area contributed by atoms with Crippen molar-refractivity contribution in [2.45, 2.75) is 26.3 Å². The summed E-state index contributed by atoms with van der Waals surface area (Å²) in [4.78, 5) is 2.38. The van der Waals surface area contributed by atoms with E-state index in [-0.39, 0.29) is 0 Å². The van der Waals surface area contributed by atoms with Crippen molar-refractivity contribution in [2.75, 3.05) is 18.0 Å². The molecule has 1 fully saturated rings. The Morgan fingerprint density at radius 2 is 2.29 bits per heavy atom. The lowest BCUT2D eigenvalue weighted by Crippen LogP contribution is -2.33. The number of aromatic amines is 1. The molecule has 4 nitrogen and oxygen atoms in total. The molecule has 1 aromatic heterocycles. The van der Waals surface area contributed by atoms with Gasteiger partial charge in [0.2, 0.25) is 0 Å². The average molecular weight is 194 g/mol. The number of anilines is 1. The van der Waals surface area contributed by atoms with Crippen molar-refractivity contribution in [1.29, 1.82) is 0 Å². The first-order valence-electron chi connectivity index (χ1n) is 5.28. The molecule has 1 aromatic rings. The highest BCUT2D eigenvalue weighted by Crippen LogP contribution is 2.24. The van der Waals surface area contributed by atoms with Crippen molar-refractivity contribution in [1.82, 2.24) is 10.2 Å². The van der Waals surface area contributed by atoms with E-state index in [0.717, 1.165) is 24.7 Å². The van der Waals surface area contributed by atoms with Crippen LogP contribution in [0.2, 0.25) is 0 Å². The van der Waals surface area contributed by atoms with Crippen LogP contribution in [-0.4, -0.2) is 23.3 Å². The minimum atomic E-state index is 0.543. The zero-order chi connectivity index (χ0) is 9.97. The van der Waals surface area contributed by atoms with E-state index in [0.29, 0.717) is 6.54 Å². The zero-order valence-electron chi connectivity index (χ0n) is 8.66. The molecule has 4 heteroatoms. The summed E-state index contributed by atoms with van der Waals surface area (Å²) >= 11 is 0. The maximum atomic E-state index is 5.63. The summed E-state index contributed by atoms with van der Waals surface area (Å²) in [5.41, 5.74) is 7.88. The Morgan fingerprint density at radius 3 is 2.93 bits per heavy atom. The Kier molecular flexibility index (Phi) is 2.72. The first kappa shape index (κ1) is 9.52. The summed E-state index contributed by atoms with van der Waals surface area (Å²) in [6.07, 6.45) is 4.43. The predicted molar refractivity (Wildman–Crippen MR) is 57.1 cm³/mol. The third-order valence-electron chi connectivity index (χ3n) is 3.02. The molecule has 0 bridgehead atoms. The third-order valence-corrected chi connectivity index (χ3v) is 3.02. The van der Waals surface area contributed by atoms with E-state index in [1.165, 1.54) is 18.5 Å². The molecule has 0 amide bonds. The Hall–Kier alpha value is -1.03. The monoisotopic (exact) mass is 194 g/mol. The largest absolute Gasteiger partial charge is 0.369 e. The SMILES string of the molecule is CC1CCN(c2cn[nH]c2CN)CC1. The van der Waals surface area contributed by atoms with Crippen molar-refractivity contribution >= 4 is 5.69 Å². The summed E-state index contributed by atoms with van der Waals surface area (Å²) in [5.74, 6) is 0.861. The number of nitrogens with zero attached hydrogens (tertiary/aromatic N) is 2. The van der Waals surface area contributed by atoms with Gasteiger partial charge in [-0.25, -0.2) is 0 Å². The Balaban J connectivity index is 2.08. The highest BCUT2D eigenvalue weighted by molar-refractivity contribution is 5.49. The van der Waals surface area contributed by atoms with Crippen LogP contribution in [0.25, 0.3) is 0 Å². The average Bonchev–Trinajstić information content (AvgIpc) is 2.67. The van der Waals surface area contributed by atoms with E-state index in [9.17, 15) is 0 Å². The maximum Gasteiger partial charge on any atom is 0.0795 e. The van der Waals surface area contributed by atoms with Crippen molar-refractivity contribution in [2.24, 2.45) is 11.7 Å². The quantitative estimate of drug-likeness (QED) is 0.741. The fourth-order valence-electron chi connectivity index (χ4n) is 1.98. The van der Waals surface area contributed by atoms with Gasteiger partial charge >= 0.3 is 0 Å². The summed E-state index contributed by atoms with van der Waals surface area (Å²) in [6, 6.07) is 0. The smallest absolute Gasteiger partial charge is 0.0795 e. The molecule has 0 atom stereocenters. The molecule has 0 saturated carbocycles. The number of piperidine rings is 1. The summed E-state index contributed by atoms with van der Waals surface area (Å²) in [5, 5.41) is 6.99. The molecule has 78 valence electrons. The van der Waals surface area contributed by atoms with Gasteiger partial charge in [0.25, 0.3) is 0 Å². The normalized spacial score (nSPS) is 18.9. The van der Waals surface area contributed by atoms with Gasteiger partial charge < -0.3 is 10.6 Å². The second-order valence-corrected chi connectivity index (χ2v) is 4.11. The van der Waals surface area contributed by atoms with E-state index in [1.807, 2.05) is 6.20 Å². The van der Waals surface area contributed by atoms with E-state index in [2.05, 4.69) is 22.0 Å². The zero-order valence-corrected chi connectivity index (χ0v) is 8.66. The lowest BCUT2D eigenvalue weighted by Gasteiger charge is -2.31. The van der Waals surface area contributed by atoms with Crippen LogP contribution in [0.15, 0.2) is 6.20 Å². The van der Waals surface area contributed by atoms with Crippen LogP contribution in [0.1, 0.15) is 25.5 Å². The Bertz CT molecular complexity index is 286. The van der Waals surface area contributed by atoms with Gasteiger partial charge in [-0.15, -0.1) is 0 Å². The van der Waals surface area contributed by atoms with Crippen molar-refractivity contribution in [3.63, 3.8) is 0 Å². The van der Waals surface area contributed by atoms with Crippen molar-refractivity contribution in [3.8, 4) is 0 Å². The van der Waals surface area contributed by atoms with Gasteiger partial charge in [-0.1, -0.05) is 6.92 Å². The Labute approximate surface area is 84.5 Å². The molecule has 2 rings (SSSR count). The van der Waals surface area contributed by atoms with Gasteiger partial charge in [0.1, 0.15) is 0 Å². The molecule has 0 aliphatic carbocycles. The number of hydrogen-bond acceptors (Lipinski definition) is 3. The van der Waals surface area contributed by atoms with Crippen LogP contribution in [0.3, 0.4) is 0 Å². The molecule has 2 heterocycles. The molecule has 1 aliphatic heterocycles. The van der Waals surface area contributed by atoms with Gasteiger partial charge in [-0.05, 0) is 18.8 Å². The molecule has 3 N–H and O–H groups in total. The number of H-pyrrole nitrogens is 1. The fraction of sp³-hybridized carbons (Fsp3) is 0.700. The number of hydrogen-bond donors (Lipinski definition) is 2. The lowest BCUT2D eigenvalue weighted by atomic mass is 9.99. The van der Waals surface area contributed by atoms with Gasteiger partial charge in [0.05, 0.1) is 17.6 Å². The molecule has 1 saturated heterocycles. The molecule has 0 aromatic carbocycles. The van der Waals surface area contributed by atoms with Gasteiger partial charge in [-0.2, -0.15) is 5.10 Å². The van der Waals surface area contributed by atoms with Crippen LogP contribution >= 0.6 is 0 Å². The van der Waals surface area contributed by atoms with Crippen LogP contribution in [0.5, 0.6) is 0 Å². The summed E-state index contributed by atoms with van der Waals surface area (Å²) in [7, 11) is 0. The number of rotatable bonds is 2. The van der Waals surface area contributed by atoms with Crippen LogP contribution in [0, 0.1) is 5.92 Å². The van der Waals surface area contributed by atoms with Crippen molar-refractivity contribution in [3.05, 3.63) is 11.9 Å². The van der Waals surface area contributed by atoms with Crippen LogP contribution in [0.4, 0.5) is 5.69 Å². The molecule has 0 spiro atoms. The first-order valence-corrected chi connectivity index (χ1v) is 5.28. The van der Waals surface area contributed by atoms with E-state index in [4.69, 9.17) is 5.73 Å². The van der Waals surface area contributed by atoms with Crippen molar-refractivity contribution < 1.29 is 0 Å². The van der Waals surface area contributed by atoms with E-state index >= 15 is 0 Å². The van der Waals surface area contributed by atoms with Gasteiger partial charge in [0, 0.05) is 19.6 Å². The lowest BCUT2D eigenvalue weighted by molar-refractivity contribution is 0.438. The highest BCUT2D eigenvalue weighted by atomic mass is 15.2. The summed E-state index contributed by atoms with van der Waals surface area (Å²) in [6.45, 7) is 5.12. The fourth-order valence-corrected chi connectivity index (χ4v) is 1.98. The number of nitrogens with two attached hydrogens (primary N) is 1. The highest BCUT2D eigenvalue weighted by Gasteiger charge is 2.18. The second-order valence-electron chi connectivity index (χ2n) is 4.11. The Morgan fingerprint density at radius 1 is 1.57 bits per heavy atom. The summed E-state index contributed by atoms with van der Waals surface area (Å²) < 4.78 is 0. The van der Waals surface area contributed by atoms with Crippen LogP contribution in [-0.2, 0) is 6.54 Å². The molecule has 1 aliphatic rings. The van der Waals surface area contributed by atoms with Gasteiger partial charge in [0.15, 0.2) is 0 Å². The minimum Gasteiger partial charge on any atom is -0.369 e. The third kappa shape index (κ3) is 1.75. The molecule has 0 radical (unpaired) electrons. The second kappa shape index (κ2) is 4.00.